The summed E-state index contributed by atoms with van der Waals surface area (Å²) in [6.07, 6.45) is 4.84. The van der Waals surface area contributed by atoms with Gasteiger partial charge in [0.25, 0.3) is 0 Å². The Morgan fingerprint density at radius 1 is 1.22 bits per heavy atom. The number of thiazole rings is 1. The largest absolute Gasteiger partial charge is 0.314 e. The molecule has 2 saturated heterocycles. The Kier molecular flexibility index (Phi) is 4.26. The Hall–Kier alpha value is -1.17. The van der Waals surface area contributed by atoms with Crippen LogP contribution in [-0.2, 0) is 13.0 Å². The highest BCUT2D eigenvalue weighted by atomic mass is 32.1. The van der Waals surface area contributed by atoms with E-state index in [4.69, 9.17) is 0 Å². The third-order valence-corrected chi connectivity index (χ3v) is 6.33. The van der Waals surface area contributed by atoms with Crippen LogP contribution in [0.25, 0.3) is 10.2 Å². The highest BCUT2D eigenvalue weighted by Crippen LogP contribution is 2.26. The zero-order chi connectivity index (χ0) is 15.8. The SMILES string of the molecule is CCCc1ccc2c(c1)sc(=O)n2CCN1C2CCC1CNC2. The number of aryl methyl sites for hydroxylation is 1. The van der Waals surface area contributed by atoms with Crippen molar-refractivity contribution in [2.45, 2.75) is 51.2 Å². The predicted molar refractivity (Wildman–Crippen MR) is 96.5 cm³/mol. The fourth-order valence-corrected chi connectivity index (χ4v) is 5.20. The number of rotatable bonds is 5. The van der Waals surface area contributed by atoms with Crippen LogP contribution in [0.2, 0.25) is 0 Å². The quantitative estimate of drug-likeness (QED) is 0.914. The molecule has 0 spiro atoms. The molecule has 4 rings (SSSR count). The smallest absolute Gasteiger partial charge is 0.308 e. The van der Waals surface area contributed by atoms with Gasteiger partial charge in [0.1, 0.15) is 0 Å². The van der Waals surface area contributed by atoms with Crippen molar-refractivity contribution in [1.82, 2.24) is 14.8 Å². The van der Waals surface area contributed by atoms with E-state index >= 15 is 0 Å². The lowest BCUT2D eigenvalue weighted by Crippen LogP contribution is -2.52. The maximum atomic E-state index is 12.4. The monoisotopic (exact) mass is 331 g/mol. The molecule has 4 nitrogen and oxygen atoms in total. The van der Waals surface area contributed by atoms with E-state index in [0.717, 1.165) is 49.2 Å². The molecule has 2 bridgehead atoms. The van der Waals surface area contributed by atoms with Gasteiger partial charge in [0, 0.05) is 38.3 Å². The molecule has 1 N–H and O–H groups in total. The molecule has 124 valence electrons. The van der Waals surface area contributed by atoms with Gasteiger partial charge in [0.2, 0.25) is 0 Å². The van der Waals surface area contributed by atoms with E-state index in [2.05, 4.69) is 35.3 Å². The Morgan fingerprint density at radius 3 is 2.74 bits per heavy atom. The Balaban J connectivity index is 1.54. The summed E-state index contributed by atoms with van der Waals surface area (Å²) in [7, 11) is 0. The fourth-order valence-electron chi connectivity index (χ4n) is 4.22. The molecule has 2 aliphatic rings. The molecule has 2 aromatic rings. The molecule has 2 aliphatic heterocycles. The topological polar surface area (TPSA) is 37.3 Å². The van der Waals surface area contributed by atoms with Gasteiger partial charge >= 0.3 is 4.87 Å². The first kappa shape index (κ1) is 15.4. The van der Waals surface area contributed by atoms with Crippen LogP contribution in [0.3, 0.4) is 0 Å². The van der Waals surface area contributed by atoms with E-state index < -0.39 is 0 Å². The normalized spacial score (nSPS) is 24.6. The van der Waals surface area contributed by atoms with Gasteiger partial charge in [0.15, 0.2) is 0 Å². The minimum atomic E-state index is 0.191. The highest BCUT2D eigenvalue weighted by molar-refractivity contribution is 7.16. The van der Waals surface area contributed by atoms with Crippen molar-refractivity contribution in [3.8, 4) is 0 Å². The van der Waals surface area contributed by atoms with Crippen LogP contribution in [0.15, 0.2) is 23.0 Å². The number of hydrogen-bond donors (Lipinski definition) is 1. The zero-order valence-corrected chi connectivity index (χ0v) is 14.6. The van der Waals surface area contributed by atoms with Crippen molar-refractivity contribution in [1.29, 1.82) is 0 Å². The van der Waals surface area contributed by atoms with Gasteiger partial charge in [-0.15, -0.1) is 0 Å². The standard InChI is InChI=1S/C18H25N3OS/c1-2-3-13-4-7-16-17(10-13)23-18(22)21(16)9-8-20-14-5-6-15(20)12-19-11-14/h4,7,10,14-15,19H,2-3,5-6,8-9,11-12H2,1H3. The van der Waals surface area contributed by atoms with Crippen LogP contribution in [0, 0.1) is 0 Å². The molecule has 0 aliphatic carbocycles. The van der Waals surface area contributed by atoms with Crippen molar-refractivity contribution in [2.75, 3.05) is 19.6 Å². The van der Waals surface area contributed by atoms with Crippen molar-refractivity contribution in [3.63, 3.8) is 0 Å². The fraction of sp³-hybridized carbons (Fsp3) is 0.611. The average Bonchev–Trinajstić information content (AvgIpc) is 2.96. The first-order chi connectivity index (χ1) is 11.3. The van der Waals surface area contributed by atoms with E-state index in [1.165, 1.54) is 29.7 Å². The second-order valence-corrected chi connectivity index (χ2v) is 7.85. The minimum Gasteiger partial charge on any atom is -0.314 e. The van der Waals surface area contributed by atoms with Gasteiger partial charge in [-0.1, -0.05) is 30.7 Å². The van der Waals surface area contributed by atoms with Crippen LogP contribution in [-0.4, -0.2) is 41.2 Å². The summed E-state index contributed by atoms with van der Waals surface area (Å²) < 4.78 is 3.13. The zero-order valence-electron chi connectivity index (χ0n) is 13.8. The third-order valence-electron chi connectivity index (χ3n) is 5.38. The molecule has 0 saturated carbocycles. The van der Waals surface area contributed by atoms with E-state index in [0.29, 0.717) is 12.1 Å². The number of aromatic nitrogens is 1. The van der Waals surface area contributed by atoms with E-state index in [9.17, 15) is 4.79 Å². The molecular formula is C18H25N3OS. The van der Waals surface area contributed by atoms with Crippen molar-refractivity contribution >= 4 is 21.6 Å². The van der Waals surface area contributed by atoms with Crippen molar-refractivity contribution in [3.05, 3.63) is 33.4 Å². The van der Waals surface area contributed by atoms with Crippen LogP contribution >= 0.6 is 11.3 Å². The van der Waals surface area contributed by atoms with Crippen LogP contribution < -0.4 is 10.2 Å². The van der Waals surface area contributed by atoms with Gasteiger partial charge in [-0.3, -0.25) is 14.3 Å². The third kappa shape index (κ3) is 2.86. The summed E-state index contributed by atoms with van der Waals surface area (Å²) in [5, 5.41) is 3.52. The number of piperazine rings is 1. The maximum Gasteiger partial charge on any atom is 0.308 e. The Morgan fingerprint density at radius 2 is 2.00 bits per heavy atom. The van der Waals surface area contributed by atoms with E-state index in [1.54, 1.807) is 0 Å². The Labute approximate surface area is 141 Å². The van der Waals surface area contributed by atoms with Crippen molar-refractivity contribution < 1.29 is 0 Å². The molecule has 2 atom stereocenters. The molecule has 1 aromatic carbocycles. The van der Waals surface area contributed by atoms with Gasteiger partial charge < -0.3 is 5.32 Å². The van der Waals surface area contributed by atoms with Crippen molar-refractivity contribution in [2.24, 2.45) is 0 Å². The van der Waals surface area contributed by atoms with Gasteiger partial charge in [-0.25, -0.2) is 0 Å². The summed E-state index contributed by atoms with van der Waals surface area (Å²) >= 11 is 1.40. The number of nitrogens with one attached hydrogen (secondary N) is 1. The first-order valence-corrected chi connectivity index (χ1v) is 9.66. The minimum absolute atomic E-state index is 0.191. The van der Waals surface area contributed by atoms with Crippen LogP contribution in [0.4, 0.5) is 0 Å². The van der Waals surface area contributed by atoms with E-state index in [-0.39, 0.29) is 4.87 Å². The molecule has 23 heavy (non-hydrogen) atoms. The lowest BCUT2D eigenvalue weighted by Gasteiger charge is -2.35. The second-order valence-electron chi connectivity index (χ2n) is 6.85. The first-order valence-electron chi connectivity index (χ1n) is 8.85. The number of hydrogen-bond acceptors (Lipinski definition) is 4. The molecule has 0 radical (unpaired) electrons. The molecular weight excluding hydrogens is 306 g/mol. The highest BCUT2D eigenvalue weighted by Gasteiger charge is 2.35. The lowest BCUT2D eigenvalue weighted by molar-refractivity contribution is 0.148. The molecule has 2 unspecified atom stereocenters. The maximum absolute atomic E-state index is 12.4. The molecule has 5 heteroatoms. The summed E-state index contributed by atoms with van der Waals surface area (Å²) in [6, 6.07) is 7.87. The van der Waals surface area contributed by atoms with Gasteiger partial charge in [-0.05, 0) is 37.0 Å². The second kappa shape index (κ2) is 6.38. The Bertz CT molecular complexity index is 734. The lowest BCUT2D eigenvalue weighted by atomic mass is 10.1. The van der Waals surface area contributed by atoms with E-state index in [1.807, 2.05) is 4.57 Å². The van der Waals surface area contributed by atoms with Gasteiger partial charge in [0.05, 0.1) is 10.2 Å². The van der Waals surface area contributed by atoms with Crippen LogP contribution in [0.5, 0.6) is 0 Å². The molecule has 1 aromatic heterocycles. The predicted octanol–water partition coefficient (Wildman–Crippen LogP) is 2.45. The van der Waals surface area contributed by atoms with Gasteiger partial charge in [-0.2, -0.15) is 0 Å². The molecule has 3 heterocycles. The average molecular weight is 331 g/mol. The number of nitrogens with zero attached hydrogens (tertiary/aromatic N) is 2. The van der Waals surface area contributed by atoms with Crippen LogP contribution in [0.1, 0.15) is 31.7 Å². The number of benzene rings is 1. The number of fused-ring (bicyclic) bond motifs is 3. The molecule has 0 amide bonds. The summed E-state index contributed by atoms with van der Waals surface area (Å²) in [5.74, 6) is 0. The summed E-state index contributed by atoms with van der Waals surface area (Å²) in [6.45, 7) is 6.23. The molecule has 2 fully saturated rings. The summed E-state index contributed by atoms with van der Waals surface area (Å²) in [5.41, 5.74) is 2.45. The summed E-state index contributed by atoms with van der Waals surface area (Å²) in [4.78, 5) is 15.2.